The fraction of sp³-hybridized carbons (Fsp3) is 0.534. The van der Waals surface area contributed by atoms with E-state index < -0.39 is 6.10 Å². The largest absolute Gasteiger partial charge is 0.462 e. The molecule has 0 amide bonds. The SMILES string of the molecule is CC/C=C\C/C=C\C/C=C\C/C=C\C/C=C\C/C=C\C/C=C\C/C=C\C/C=C\C/C=C\CCCCCCCCCCC(=O)OC(CO)COC(=O)CCCCCCCC/C=C\C/C=C\C/C=C\C/C=C\C/C=C\C/C=C\CC. The van der Waals surface area contributed by atoms with Crippen LogP contribution in [0.2, 0.25) is 0 Å². The number of hydrogen-bond acceptors (Lipinski definition) is 5. The molecule has 0 aromatic carbocycles. The maximum Gasteiger partial charge on any atom is 0.306 e. The van der Waals surface area contributed by atoms with Gasteiger partial charge in [0.25, 0.3) is 0 Å². The Bertz CT molecular complexity index is 1830. The Hall–Kier alpha value is -5.26. The molecule has 0 fully saturated rings. The van der Waals surface area contributed by atoms with Crippen LogP contribution < -0.4 is 0 Å². The summed E-state index contributed by atoms with van der Waals surface area (Å²) in [6, 6.07) is 0. The first-order valence-electron chi connectivity index (χ1n) is 31.0. The Balaban J connectivity index is 3.65. The van der Waals surface area contributed by atoms with Crippen LogP contribution in [0.3, 0.4) is 0 Å². The predicted octanol–water partition coefficient (Wildman–Crippen LogP) is 21.6. The highest BCUT2D eigenvalue weighted by Gasteiger charge is 2.16. The smallest absolute Gasteiger partial charge is 0.306 e. The van der Waals surface area contributed by atoms with Gasteiger partial charge < -0.3 is 14.6 Å². The number of esters is 2. The molecular weight excluding hydrogens is 957 g/mol. The van der Waals surface area contributed by atoms with Gasteiger partial charge >= 0.3 is 11.9 Å². The summed E-state index contributed by atoms with van der Waals surface area (Å²) < 4.78 is 10.7. The number of ether oxygens (including phenoxy) is 2. The molecular formula is C73H112O5. The zero-order valence-corrected chi connectivity index (χ0v) is 49.6. The molecule has 0 rings (SSSR count). The van der Waals surface area contributed by atoms with E-state index in [9.17, 15) is 14.7 Å². The number of hydrogen-bond donors (Lipinski definition) is 1. The highest BCUT2D eigenvalue weighted by atomic mass is 16.6. The zero-order chi connectivity index (χ0) is 56.2. The average Bonchev–Trinajstić information content (AvgIpc) is 3.44. The van der Waals surface area contributed by atoms with Gasteiger partial charge in [-0.15, -0.1) is 0 Å². The number of rotatable bonds is 54. The van der Waals surface area contributed by atoms with Crippen LogP contribution in [0.1, 0.15) is 232 Å². The Morgan fingerprint density at radius 2 is 0.513 bits per heavy atom. The summed E-state index contributed by atoms with van der Waals surface area (Å²) in [7, 11) is 0. The summed E-state index contributed by atoms with van der Waals surface area (Å²) in [6.07, 6.45) is 105. The standard InChI is InChI=1S/C73H112O5/c1-3-5-7-9-11-13-15-17-19-21-23-25-27-29-30-31-32-33-34-35-36-37-38-39-40-41-42-44-46-48-50-52-54-56-58-60-62-64-66-68-73(76)78-71(69-74)70-77-72(75)67-65-63-61-59-57-55-53-51-49-47-45-43-28-26-24-22-20-18-16-14-12-10-8-6-4-2/h5-8,11-14,17-20,23-26,29-30,32-33,35-36,38-39,41-43,45-46,48-49,51,71,74H,3-4,9-10,15-16,21-22,27-28,31,34,37,40,44,47,50,52-70H2,1-2H3/b7-5-,8-6-,13-11-,14-12-,19-17-,20-18-,25-23-,26-24-,30-29-,33-32-,36-35-,39-38-,42-41-,45-43-,48-46-,51-49-. The van der Waals surface area contributed by atoms with E-state index in [0.29, 0.717) is 12.8 Å². The molecule has 0 spiro atoms. The molecule has 0 aromatic heterocycles. The highest BCUT2D eigenvalue weighted by Crippen LogP contribution is 2.13. The second kappa shape index (κ2) is 66.0. The molecule has 0 bridgehead atoms. The molecule has 1 N–H and O–H groups in total. The maximum absolute atomic E-state index is 12.3. The second-order valence-electron chi connectivity index (χ2n) is 19.7. The van der Waals surface area contributed by atoms with Gasteiger partial charge in [0.05, 0.1) is 6.61 Å². The lowest BCUT2D eigenvalue weighted by molar-refractivity contribution is -0.161. The van der Waals surface area contributed by atoms with E-state index in [4.69, 9.17) is 9.47 Å². The number of allylic oxidation sites excluding steroid dienone is 32. The minimum atomic E-state index is -0.800. The normalized spacial score (nSPS) is 13.6. The van der Waals surface area contributed by atoms with E-state index in [1.807, 2.05) is 0 Å². The quantitative estimate of drug-likeness (QED) is 0.0373. The Morgan fingerprint density at radius 3 is 0.769 bits per heavy atom. The van der Waals surface area contributed by atoms with E-state index in [2.05, 4.69) is 208 Å². The van der Waals surface area contributed by atoms with Crippen molar-refractivity contribution in [2.24, 2.45) is 0 Å². The van der Waals surface area contributed by atoms with Crippen molar-refractivity contribution in [3.63, 3.8) is 0 Å². The molecule has 0 aliphatic heterocycles. The first kappa shape index (κ1) is 72.7. The van der Waals surface area contributed by atoms with Gasteiger partial charge in [0, 0.05) is 12.8 Å². The van der Waals surface area contributed by atoms with Gasteiger partial charge in [-0.1, -0.05) is 272 Å². The van der Waals surface area contributed by atoms with Crippen molar-refractivity contribution < 1.29 is 24.2 Å². The summed E-state index contributed by atoms with van der Waals surface area (Å²) in [6.45, 7) is 3.88. The number of carbonyl (C=O) groups excluding carboxylic acids is 2. The van der Waals surface area contributed by atoms with Crippen molar-refractivity contribution in [1.82, 2.24) is 0 Å². The summed E-state index contributed by atoms with van der Waals surface area (Å²) >= 11 is 0. The van der Waals surface area contributed by atoms with E-state index in [1.54, 1.807) is 0 Å². The molecule has 0 radical (unpaired) electrons. The minimum Gasteiger partial charge on any atom is -0.462 e. The maximum atomic E-state index is 12.3. The first-order valence-corrected chi connectivity index (χ1v) is 31.0. The third kappa shape index (κ3) is 63.3. The molecule has 0 aliphatic rings. The van der Waals surface area contributed by atoms with E-state index in [1.165, 1.54) is 51.4 Å². The average molecular weight is 1070 g/mol. The van der Waals surface area contributed by atoms with Crippen LogP contribution in [0.15, 0.2) is 194 Å². The van der Waals surface area contributed by atoms with Crippen molar-refractivity contribution in [3.8, 4) is 0 Å². The molecule has 0 saturated carbocycles. The van der Waals surface area contributed by atoms with Gasteiger partial charge in [0.15, 0.2) is 6.10 Å². The van der Waals surface area contributed by atoms with Crippen LogP contribution in [0.25, 0.3) is 0 Å². The molecule has 5 heteroatoms. The topological polar surface area (TPSA) is 72.8 Å². The number of carbonyl (C=O) groups is 2. The van der Waals surface area contributed by atoms with Gasteiger partial charge in [-0.25, -0.2) is 0 Å². The van der Waals surface area contributed by atoms with Crippen molar-refractivity contribution in [2.75, 3.05) is 13.2 Å². The number of unbranched alkanes of at least 4 members (excludes halogenated alkanes) is 14. The molecule has 0 saturated heterocycles. The number of aliphatic hydroxyl groups excluding tert-OH is 1. The summed E-state index contributed by atoms with van der Waals surface area (Å²) in [5, 5.41) is 9.67. The lowest BCUT2D eigenvalue weighted by Gasteiger charge is -2.15. The molecule has 5 nitrogen and oxygen atoms in total. The van der Waals surface area contributed by atoms with E-state index in [-0.39, 0.29) is 25.2 Å². The molecule has 1 atom stereocenters. The highest BCUT2D eigenvalue weighted by molar-refractivity contribution is 5.70. The van der Waals surface area contributed by atoms with Crippen LogP contribution in [0.4, 0.5) is 0 Å². The molecule has 434 valence electrons. The third-order valence-electron chi connectivity index (χ3n) is 12.4. The summed E-state index contributed by atoms with van der Waals surface area (Å²) in [5.74, 6) is -0.631. The molecule has 0 heterocycles. The molecule has 0 aliphatic carbocycles. The first-order chi connectivity index (χ1) is 38.6. The van der Waals surface area contributed by atoms with Crippen LogP contribution in [-0.2, 0) is 19.1 Å². The second-order valence-corrected chi connectivity index (χ2v) is 19.7. The Labute approximate surface area is 479 Å². The van der Waals surface area contributed by atoms with Crippen LogP contribution >= 0.6 is 0 Å². The van der Waals surface area contributed by atoms with E-state index >= 15 is 0 Å². The third-order valence-corrected chi connectivity index (χ3v) is 12.4. The van der Waals surface area contributed by atoms with Crippen molar-refractivity contribution in [3.05, 3.63) is 194 Å². The lowest BCUT2D eigenvalue weighted by atomic mass is 10.1. The van der Waals surface area contributed by atoms with Crippen molar-refractivity contribution in [1.29, 1.82) is 0 Å². The van der Waals surface area contributed by atoms with E-state index in [0.717, 1.165) is 154 Å². The Kier molecular flexibility index (Phi) is 61.6. The van der Waals surface area contributed by atoms with Gasteiger partial charge in [-0.3, -0.25) is 9.59 Å². The van der Waals surface area contributed by atoms with Gasteiger partial charge in [-0.05, 0) is 141 Å². The monoisotopic (exact) mass is 1070 g/mol. The number of aliphatic hydroxyl groups is 1. The molecule has 1 unspecified atom stereocenters. The van der Waals surface area contributed by atoms with Crippen LogP contribution in [-0.4, -0.2) is 36.4 Å². The predicted molar refractivity (Wildman–Crippen MR) is 342 cm³/mol. The van der Waals surface area contributed by atoms with Crippen LogP contribution in [0.5, 0.6) is 0 Å². The minimum absolute atomic E-state index is 0.0902. The van der Waals surface area contributed by atoms with Gasteiger partial charge in [0.2, 0.25) is 0 Å². The lowest BCUT2D eigenvalue weighted by Crippen LogP contribution is -2.28. The fourth-order valence-electron chi connectivity index (χ4n) is 7.82. The van der Waals surface area contributed by atoms with Gasteiger partial charge in [-0.2, -0.15) is 0 Å². The zero-order valence-electron chi connectivity index (χ0n) is 49.6. The molecule has 78 heavy (non-hydrogen) atoms. The summed E-state index contributed by atoms with van der Waals surface area (Å²) in [4.78, 5) is 24.6. The Morgan fingerprint density at radius 1 is 0.295 bits per heavy atom. The molecule has 0 aromatic rings. The van der Waals surface area contributed by atoms with Gasteiger partial charge in [0.1, 0.15) is 6.61 Å². The fourth-order valence-corrected chi connectivity index (χ4v) is 7.82. The van der Waals surface area contributed by atoms with Crippen molar-refractivity contribution >= 4 is 11.9 Å². The van der Waals surface area contributed by atoms with Crippen LogP contribution in [0, 0.1) is 0 Å². The summed E-state index contributed by atoms with van der Waals surface area (Å²) in [5.41, 5.74) is 0. The van der Waals surface area contributed by atoms with Crippen molar-refractivity contribution in [2.45, 2.75) is 238 Å².